The van der Waals surface area contributed by atoms with Crippen LogP contribution in [0.4, 0.5) is 0 Å². The van der Waals surface area contributed by atoms with E-state index in [0.717, 1.165) is 12.1 Å². The lowest BCUT2D eigenvalue weighted by Crippen LogP contribution is -2.53. The van der Waals surface area contributed by atoms with Crippen LogP contribution >= 0.6 is 0 Å². The SMILES string of the molecule is CCCCC(C)N1CCC(N2CCN(C)CC2)CC1. The Hall–Kier alpha value is -0.120. The fourth-order valence-electron chi connectivity index (χ4n) is 3.56. The summed E-state index contributed by atoms with van der Waals surface area (Å²) >= 11 is 0. The Morgan fingerprint density at radius 1 is 1.00 bits per heavy atom. The molecule has 0 amide bonds. The molecular weight excluding hydrogens is 234 g/mol. The molecule has 0 aliphatic carbocycles. The largest absolute Gasteiger partial charge is 0.304 e. The standard InChI is InChI=1S/C16H33N3/c1-4-5-6-15(2)18-9-7-16(8-10-18)19-13-11-17(3)12-14-19/h15-16H,4-14H2,1-3H3. The van der Waals surface area contributed by atoms with E-state index in [1.807, 2.05) is 0 Å². The van der Waals surface area contributed by atoms with Crippen LogP contribution in [-0.2, 0) is 0 Å². The second-order valence-corrected chi connectivity index (χ2v) is 6.60. The lowest BCUT2D eigenvalue weighted by Gasteiger charge is -2.43. The molecule has 2 fully saturated rings. The molecule has 112 valence electrons. The van der Waals surface area contributed by atoms with Crippen molar-refractivity contribution in [1.82, 2.24) is 14.7 Å². The number of likely N-dealkylation sites (tertiary alicyclic amines) is 1. The number of rotatable bonds is 5. The van der Waals surface area contributed by atoms with Crippen LogP contribution in [0.2, 0.25) is 0 Å². The van der Waals surface area contributed by atoms with Gasteiger partial charge in [-0.1, -0.05) is 19.8 Å². The summed E-state index contributed by atoms with van der Waals surface area (Å²) in [6.45, 7) is 12.4. The molecule has 19 heavy (non-hydrogen) atoms. The van der Waals surface area contributed by atoms with Crippen molar-refractivity contribution in [2.24, 2.45) is 0 Å². The van der Waals surface area contributed by atoms with E-state index in [1.165, 1.54) is 71.4 Å². The van der Waals surface area contributed by atoms with Crippen molar-refractivity contribution >= 4 is 0 Å². The number of likely N-dealkylation sites (N-methyl/N-ethyl adjacent to an activating group) is 1. The number of hydrogen-bond donors (Lipinski definition) is 0. The first-order valence-corrected chi connectivity index (χ1v) is 8.37. The van der Waals surface area contributed by atoms with Crippen LogP contribution in [0.15, 0.2) is 0 Å². The smallest absolute Gasteiger partial charge is 0.0121 e. The molecule has 3 heteroatoms. The quantitative estimate of drug-likeness (QED) is 0.756. The van der Waals surface area contributed by atoms with Crippen molar-refractivity contribution in [1.29, 1.82) is 0 Å². The van der Waals surface area contributed by atoms with Crippen molar-refractivity contribution in [2.75, 3.05) is 46.3 Å². The third-order valence-corrected chi connectivity index (χ3v) is 5.15. The molecule has 0 spiro atoms. The van der Waals surface area contributed by atoms with Gasteiger partial charge in [0.2, 0.25) is 0 Å². The van der Waals surface area contributed by atoms with E-state index in [2.05, 4.69) is 35.6 Å². The molecule has 2 rings (SSSR count). The highest BCUT2D eigenvalue weighted by atomic mass is 15.3. The lowest BCUT2D eigenvalue weighted by molar-refractivity contribution is 0.0551. The number of piperazine rings is 1. The van der Waals surface area contributed by atoms with E-state index in [-0.39, 0.29) is 0 Å². The Labute approximate surface area is 119 Å². The minimum atomic E-state index is 0.799. The summed E-state index contributed by atoms with van der Waals surface area (Å²) in [5.41, 5.74) is 0. The van der Waals surface area contributed by atoms with Gasteiger partial charge < -0.3 is 9.80 Å². The third kappa shape index (κ3) is 4.44. The van der Waals surface area contributed by atoms with Crippen LogP contribution in [0, 0.1) is 0 Å². The predicted molar refractivity (Wildman–Crippen MR) is 82.7 cm³/mol. The average Bonchev–Trinajstić information content (AvgIpc) is 2.46. The van der Waals surface area contributed by atoms with E-state index in [4.69, 9.17) is 0 Å². The summed E-state index contributed by atoms with van der Waals surface area (Å²) < 4.78 is 0. The Morgan fingerprint density at radius 3 is 2.21 bits per heavy atom. The van der Waals surface area contributed by atoms with E-state index < -0.39 is 0 Å². The van der Waals surface area contributed by atoms with Gasteiger partial charge in [0.25, 0.3) is 0 Å². The Kier molecular flexibility index (Phi) is 6.11. The van der Waals surface area contributed by atoms with Crippen molar-refractivity contribution in [3.8, 4) is 0 Å². The van der Waals surface area contributed by atoms with Gasteiger partial charge in [-0.05, 0) is 46.3 Å². The molecule has 0 aromatic rings. The third-order valence-electron chi connectivity index (χ3n) is 5.15. The summed E-state index contributed by atoms with van der Waals surface area (Å²) in [7, 11) is 2.25. The zero-order chi connectivity index (χ0) is 13.7. The Morgan fingerprint density at radius 2 is 1.63 bits per heavy atom. The molecule has 0 N–H and O–H groups in total. The maximum atomic E-state index is 2.74. The van der Waals surface area contributed by atoms with E-state index in [9.17, 15) is 0 Å². The Bertz CT molecular complexity index is 240. The molecule has 0 radical (unpaired) electrons. The molecule has 3 nitrogen and oxygen atoms in total. The maximum absolute atomic E-state index is 2.74. The van der Waals surface area contributed by atoms with E-state index >= 15 is 0 Å². The molecule has 2 heterocycles. The predicted octanol–water partition coefficient (Wildman–Crippen LogP) is 2.28. The topological polar surface area (TPSA) is 9.72 Å². The summed E-state index contributed by atoms with van der Waals surface area (Å²) in [5.74, 6) is 0. The second kappa shape index (κ2) is 7.61. The van der Waals surface area contributed by atoms with Crippen LogP contribution in [0.1, 0.15) is 46.0 Å². The summed E-state index contributed by atoms with van der Waals surface area (Å²) in [4.78, 5) is 7.93. The summed E-state index contributed by atoms with van der Waals surface area (Å²) in [6.07, 6.45) is 6.89. The molecule has 0 saturated carbocycles. The van der Waals surface area contributed by atoms with Crippen LogP contribution in [0.5, 0.6) is 0 Å². The maximum Gasteiger partial charge on any atom is 0.0121 e. The zero-order valence-electron chi connectivity index (χ0n) is 13.3. The van der Waals surface area contributed by atoms with Gasteiger partial charge >= 0.3 is 0 Å². The van der Waals surface area contributed by atoms with Gasteiger partial charge in [-0.3, -0.25) is 4.90 Å². The molecule has 0 aromatic heterocycles. The number of unbranched alkanes of at least 4 members (excludes halogenated alkanes) is 1. The molecule has 0 bridgehead atoms. The van der Waals surface area contributed by atoms with Crippen molar-refractivity contribution < 1.29 is 0 Å². The van der Waals surface area contributed by atoms with Gasteiger partial charge in [-0.2, -0.15) is 0 Å². The Balaban J connectivity index is 1.70. The van der Waals surface area contributed by atoms with Crippen molar-refractivity contribution in [2.45, 2.75) is 58.0 Å². The van der Waals surface area contributed by atoms with E-state index in [0.29, 0.717) is 0 Å². The van der Waals surface area contributed by atoms with Gasteiger partial charge in [0.15, 0.2) is 0 Å². The van der Waals surface area contributed by atoms with Gasteiger partial charge in [-0.25, -0.2) is 0 Å². The molecule has 0 aromatic carbocycles. The minimum Gasteiger partial charge on any atom is -0.304 e. The fraction of sp³-hybridized carbons (Fsp3) is 1.00. The summed E-state index contributed by atoms with van der Waals surface area (Å²) in [6, 6.07) is 1.66. The molecule has 2 saturated heterocycles. The molecule has 1 atom stereocenters. The highest BCUT2D eigenvalue weighted by Crippen LogP contribution is 2.21. The van der Waals surface area contributed by atoms with Crippen LogP contribution in [0.25, 0.3) is 0 Å². The molecule has 2 aliphatic rings. The fourth-order valence-corrected chi connectivity index (χ4v) is 3.56. The first-order chi connectivity index (χ1) is 9.20. The van der Waals surface area contributed by atoms with Crippen LogP contribution in [-0.4, -0.2) is 73.1 Å². The number of nitrogens with zero attached hydrogens (tertiary/aromatic N) is 3. The van der Waals surface area contributed by atoms with Gasteiger partial charge in [0, 0.05) is 38.3 Å². The van der Waals surface area contributed by atoms with Crippen molar-refractivity contribution in [3.05, 3.63) is 0 Å². The van der Waals surface area contributed by atoms with Gasteiger partial charge in [0.1, 0.15) is 0 Å². The highest BCUT2D eigenvalue weighted by Gasteiger charge is 2.27. The number of piperidine rings is 1. The van der Waals surface area contributed by atoms with E-state index in [1.54, 1.807) is 0 Å². The van der Waals surface area contributed by atoms with Gasteiger partial charge in [0.05, 0.1) is 0 Å². The molecule has 2 aliphatic heterocycles. The monoisotopic (exact) mass is 267 g/mol. The number of hydrogen-bond acceptors (Lipinski definition) is 3. The summed E-state index contributed by atoms with van der Waals surface area (Å²) in [5, 5.41) is 0. The van der Waals surface area contributed by atoms with Crippen molar-refractivity contribution in [3.63, 3.8) is 0 Å². The van der Waals surface area contributed by atoms with Gasteiger partial charge in [-0.15, -0.1) is 0 Å². The van der Waals surface area contributed by atoms with Crippen LogP contribution in [0.3, 0.4) is 0 Å². The van der Waals surface area contributed by atoms with Crippen LogP contribution < -0.4 is 0 Å². The molecule has 1 unspecified atom stereocenters. The zero-order valence-corrected chi connectivity index (χ0v) is 13.3. The average molecular weight is 267 g/mol. The molecular formula is C16H33N3. The lowest BCUT2D eigenvalue weighted by atomic mass is 9.99. The second-order valence-electron chi connectivity index (χ2n) is 6.60. The minimum absolute atomic E-state index is 0.799. The first kappa shape index (κ1) is 15.3. The normalized spacial score (nSPS) is 26.7. The highest BCUT2D eigenvalue weighted by molar-refractivity contribution is 4.84. The first-order valence-electron chi connectivity index (χ1n) is 8.37.